The highest BCUT2D eigenvalue weighted by atomic mass is 16.5. The van der Waals surface area contributed by atoms with E-state index in [1.165, 1.54) is 7.11 Å². The number of aromatic amines is 1. The van der Waals surface area contributed by atoms with Crippen LogP contribution in [-0.4, -0.2) is 34.5 Å². The zero-order valence-electron chi connectivity index (χ0n) is 8.28. The molecule has 6 heteroatoms. The van der Waals surface area contributed by atoms with Gasteiger partial charge in [0.1, 0.15) is 0 Å². The summed E-state index contributed by atoms with van der Waals surface area (Å²) in [6.45, 7) is 1.90. The quantitative estimate of drug-likeness (QED) is 0.657. The molecule has 0 fully saturated rings. The summed E-state index contributed by atoms with van der Waals surface area (Å²) >= 11 is 0. The monoisotopic (exact) mass is 198 g/mol. The van der Waals surface area contributed by atoms with E-state index in [0.717, 1.165) is 6.42 Å². The molecule has 1 heterocycles. The largest absolute Gasteiger partial charge is 0.464 e. The van der Waals surface area contributed by atoms with Crippen LogP contribution in [0, 0.1) is 0 Å². The number of nitrogens with one attached hydrogen (secondary N) is 1. The van der Waals surface area contributed by atoms with Crippen molar-refractivity contribution in [3.8, 4) is 0 Å². The van der Waals surface area contributed by atoms with Crippen molar-refractivity contribution in [3.63, 3.8) is 0 Å². The Balaban J connectivity index is 2.67. The van der Waals surface area contributed by atoms with E-state index in [2.05, 4.69) is 20.1 Å². The van der Waals surface area contributed by atoms with Crippen LogP contribution < -0.4 is 5.73 Å². The molecule has 3 N–H and O–H groups in total. The van der Waals surface area contributed by atoms with Crippen molar-refractivity contribution in [2.24, 2.45) is 5.73 Å². The van der Waals surface area contributed by atoms with Crippen molar-refractivity contribution in [3.05, 3.63) is 11.4 Å². The molecular weight excluding hydrogens is 184 g/mol. The zero-order chi connectivity index (χ0) is 10.6. The van der Waals surface area contributed by atoms with Crippen molar-refractivity contribution in [2.45, 2.75) is 25.8 Å². The third-order valence-corrected chi connectivity index (χ3v) is 1.84. The normalized spacial score (nSPS) is 12.5. The highest BCUT2D eigenvalue weighted by Gasteiger charge is 2.16. The number of esters is 1. The van der Waals surface area contributed by atoms with Gasteiger partial charge in [-0.1, -0.05) is 0 Å². The number of carbonyl (C=O) groups is 1. The van der Waals surface area contributed by atoms with Crippen LogP contribution in [0.25, 0.3) is 0 Å². The minimum absolute atomic E-state index is 0.0807. The van der Waals surface area contributed by atoms with Gasteiger partial charge in [0.25, 0.3) is 0 Å². The van der Waals surface area contributed by atoms with Crippen LogP contribution in [0.2, 0.25) is 0 Å². The molecule has 1 atom stereocenters. The maximum atomic E-state index is 11.2. The second-order valence-electron chi connectivity index (χ2n) is 3.13. The van der Waals surface area contributed by atoms with Crippen LogP contribution in [0.1, 0.15) is 29.5 Å². The average Bonchev–Trinajstić information content (AvgIpc) is 2.61. The Labute approximate surface area is 81.8 Å². The third-order valence-electron chi connectivity index (χ3n) is 1.84. The summed E-state index contributed by atoms with van der Waals surface area (Å²) < 4.78 is 4.55. The second-order valence-corrected chi connectivity index (χ2v) is 3.13. The van der Waals surface area contributed by atoms with Crippen molar-refractivity contribution in [1.29, 1.82) is 0 Å². The predicted molar refractivity (Wildman–Crippen MR) is 49.7 cm³/mol. The summed E-state index contributed by atoms with van der Waals surface area (Å²) in [6.07, 6.45) is 1.38. The summed E-state index contributed by atoms with van der Waals surface area (Å²) in [6, 6.07) is 0.0807. The van der Waals surface area contributed by atoms with Crippen LogP contribution >= 0.6 is 0 Å². The lowest BCUT2D eigenvalue weighted by Gasteiger charge is -2.02. The van der Waals surface area contributed by atoms with Gasteiger partial charge in [-0.25, -0.2) is 4.79 Å². The molecule has 0 radical (unpaired) electrons. The van der Waals surface area contributed by atoms with Gasteiger partial charge in [-0.15, -0.1) is 5.10 Å². The number of nitrogens with zero attached hydrogens (tertiary/aromatic N) is 2. The number of aromatic nitrogens is 3. The fourth-order valence-electron chi connectivity index (χ4n) is 1.05. The standard InChI is InChI=1S/C8H14N4O2/c1-5(9)3-4-6-7(8(13)14-2)11-12-10-6/h5H,3-4,9H2,1-2H3,(H,10,11,12). The number of methoxy groups -OCH3 is 1. The number of hydrogen-bond donors (Lipinski definition) is 2. The molecule has 1 aromatic rings. The van der Waals surface area contributed by atoms with Crippen molar-refractivity contribution in [2.75, 3.05) is 7.11 Å². The van der Waals surface area contributed by atoms with E-state index in [9.17, 15) is 4.79 Å². The van der Waals surface area contributed by atoms with Gasteiger partial charge in [-0.3, -0.25) is 0 Å². The van der Waals surface area contributed by atoms with Gasteiger partial charge in [-0.2, -0.15) is 10.3 Å². The molecule has 6 nitrogen and oxygen atoms in total. The SMILES string of the molecule is COC(=O)c1n[nH]nc1CCC(C)N. The molecule has 0 bridgehead atoms. The van der Waals surface area contributed by atoms with E-state index in [-0.39, 0.29) is 11.7 Å². The molecule has 1 rings (SSSR count). The molecule has 0 aliphatic rings. The Morgan fingerprint density at radius 3 is 2.93 bits per heavy atom. The number of ether oxygens (including phenoxy) is 1. The molecule has 0 aliphatic carbocycles. The first-order valence-electron chi connectivity index (χ1n) is 4.38. The predicted octanol–water partition coefficient (Wildman–Crippen LogP) is -0.129. The van der Waals surface area contributed by atoms with Crippen LogP contribution in [0.4, 0.5) is 0 Å². The summed E-state index contributed by atoms with van der Waals surface area (Å²) in [5.74, 6) is -0.474. The van der Waals surface area contributed by atoms with E-state index >= 15 is 0 Å². The Hall–Kier alpha value is -1.43. The molecule has 0 amide bonds. The number of nitrogens with two attached hydrogens (primary N) is 1. The topological polar surface area (TPSA) is 93.9 Å². The number of carbonyl (C=O) groups excluding carboxylic acids is 1. The highest BCUT2D eigenvalue weighted by molar-refractivity contribution is 5.88. The third kappa shape index (κ3) is 2.53. The van der Waals surface area contributed by atoms with Gasteiger partial charge in [0.15, 0.2) is 5.69 Å². The molecule has 0 saturated heterocycles. The van der Waals surface area contributed by atoms with E-state index in [4.69, 9.17) is 5.73 Å². The van der Waals surface area contributed by atoms with Gasteiger partial charge >= 0.3 is 5.97 Å². The van der Waals surface area contributed by atoms with Crippen molar-refractivity contribution in [1.82, 2.24) is 15.4 Å². The van der Waals surface area contributed by atoms with Crippen LogP contribution in [0.15, 0.2) is 0 Å². The van der Waals surface area contributed by atoms with E-state index in [0.29, 0.717) is 12.1 Å². The smallest absolute Gasteiger partial charge is 0.360 e. The van der Waals surface area contributed by atoms with Gasteiger partial charge in [0, 0.05) is 6.04 Å². The van der Waals surface area contributed by atoms with E-state index < -0.39 is 5.97 Å². The van der Waals surface area contributed by atoms with Crippen LogP contribution in [0.3, 0.4) is 0 Å². The van der Waals surface area contributed by atoms with Gasteiger partial charge in [0.2, 0.25) is 0 Å². The average molecular weight is 198 g/mol. The molecule has 14 heavy (non-hydrogen) atoms. The fourth-order valence-corrected chi connectivity index (χ4v) is 1.05. The van der Waals surface area contributed by atoms with Crippen molar-refractivity contribution >= 4 is 5.97 Å². The first kappa shape index (κ1) is 10.6. The summed E-state index contributed by atoms with van der Waals surface area (Å²) in [7, 11) is 1.31. The molecule has 0 saturated carbocycles. The molecule has 0 aromatic carbocycles. The summed E-state index contributed by atoms with van der Waals surface area (Å²) in [5, 5.41) is 9.97. The molecule has 1 unspecified atom stereocenters. The lowest BCUT2D eigenvalue weighted by molar-refractivity contribution is 0.0592. The van der Waals surface area contributed by atoms with E-state index in [1.807, 2.05) is 6.92 Å². The van der Waals surface area contributed by atoms with Crippen LogP contribution in [-0.2, 0) is 11.2 Å². The van der Waals surface area contributed by atoms with Gasteiger partial charge in [0.05, 0.1) is 12.8 Å². The Morgan fingerprint density at radius 2 is 2.36 bits per heavy atom. The number of H-pyrrole nitrogens is 1. The molecule has 0 spiro atoms. The summed E-state index contributed by atoms with van der Waals surface area (Å²) in [5.41, 5.74) is 6.44. The Bertz CT molecular complexity index is 308. The first-order chi connectivity index (χ1) is 6.65. The summed E-state index contributed by atoms with van der Waals surface area (Å²) in [4.78, 5) is 11.2. The highest BCUT2D eigenvalue weighted by Crippen LogP contribution is 2.06. The van der Waals surface area contributed by atoms with Crippen molar-refractivity contribution < 1.29 is 9.53 Å². The zero-order valence-corrected chi connectivity index (χ0v) is 8.28. The number of aryl methyl sites for hydroxylation is 1. The minimum atomic E-state index is -0.474. The molecule has 0 aliphatic heterocycles. The van der Waals surface area contributed by atoms with Gasteiger partial charge < -0.3 is 10.5 Å². The Morgan fingerprint density at radius 1 is 1.64 bits per heavy atom. The lowest BCUT2D eigenvalue weighted by Crippen LogP contribution is -2.16. The first-order valence-corrected chi connectivity index (χ1v) is 4.38. The second kappa shape index (κ2) is 4.71. The number of hydrogen-bond acceptors (Lipinski definition) is 5. The number of rotatable bonds is 4. The van der Waals surface area contributed by atoms with E-state index in [1.54, 1.807) is 0 Å². The van der Waals surface area contributed by atoms with Crippen LogP contribution in [0.5, 0.6) is 0 Å². The minimum Gasteiger partial charge on any atom is -0.464 e. The maximum absolute atomic E-state index is 11.2. The maximum Gasteiger partial charge on any atom is 0.360 e. The molecule has 1 aromatic heterocycles. The molecule has 78 valence electrons. The molecular formula is C8H14N4O2. The van der Waals surface area contributed by atoms with Gasteiger partial charge in [-0.05, 0) is 19.8 Å². The Kier molecular flexibility index (Phi) is 3.58. The fraction of sp³-hybridized carbons (Fsp3) is 0.625. The lowest BCUT2D eigenvalue weighted by atomic mass is 10.1.